The van der Waals surface area contributed by atoms with Crippen LogP contribution in [0.15, 0.2) is 53.1 Å². The first kappa shape index (κ1) is 25.6. The fourth-order valence-electron chi connectivity index (χ4n) is 5.15. The lowest BCUT2D eigenvalue weighted by Crippen LogP contribution is -2.46. The summed E-state index contributed by atoms with van der Waals surface area (Å²) in [5.74, 6) is -0.625. The van der Waals surface area contributed by atoms with E-state index in [9.17, 15) is 14.9 Å². The monoisotopic (exact) mass is 511 g/mol. The fraction of sp³-hybridized carbons (Fsp3) is 0.367. The average molecular weight is 512 g/mol. The van der Waals surface area contributed by atoms with Crippen molar-refractivity contribution in [1.82, 2.24) is 15.2 Å². The van der Waals surface area contributed by atoms with Gasteiger partial charge in [0.1, 0.15) is 5.58 Å². The van der Waals surface area contributed by atoms with Crippen LogP contribution in [0.25, 0.3) is 21.9 Å². The number of hydrogen-bond acceptors (Lipinski definition) is 6. The quantitative estimate of drug-likeness (QED) is 0.307. The van der Waals surface area contributed by atoms with E-state index >= 15 is 0 Å². The number of hydrogen-bond donors (Lipinski definition) is 2. The number of amides is 2. The van der Waals surface area contributed by atoms with Crippen molar-refractivity contribution in [1.29, 1.82) is 5.26 Å². The van der Waals surface area contributed by atoms with E-state index in [2.05, 4.69) is 38.4 Å². The molecule has 1 aliphatic heterocycles. The zero-order valence-electron chi connectivity index (χ0n) is 21.8. The van der Waals surface area contributed by atoms with Gasteiger partial charge in [-0.15, -0.1) is 0 Å². The van der Waals surface area contributed by atoms with Crippen LogP contribution in [0.4, 0.5) is 5.69 Å². The number of unbranched alkanes of at least 4 members (excludes halogenated alkanes) is 1. The number of fused-ring (bicyclic) bond motifs is 2. The number of aryl methyl sites for hydroxylation is 1. The van der Waals surface area contributed by atoms with Gasteiger partial charge in [0, 0.05) is 60.8 Å². The number of nitrogens with one attached hydrogen (secondary N) is 2. The van der Waals surface area contributed by atoms with Gasteiger partial charge >= 0.3 is 0 Å². The largest absolute Gasteiger partial charge is 0.451 e. The second kappa shape index (κ2) is 11.5. The van der Waals surface area contributed by atoms with Gasteiger partial charge in [-0.05, 0) is 80.3 Å². The van der Waals surface area contributed by atoms with Gasteiger partial charge in [-0.25, -0.2) is 0 Å². The number of carbonyl (C=O) groups excluding carboxylic acids is 2. The van der Waals surface area contributed by atoms with Crippen LogP contribution in [0.1, 0.15) is 54.3 Å². The van der Waals surface area contributed by atoms with Crippen molar-refractivity contribution < 1.29 is 14.0 Å². The van der Waals surface area contributed by atoms with Gasteiger partial charge in [-0.3, -0.25) is 19.8 Å². The molecule has 38 heavy (non-hydrogen) atoms. The number of nitriles is 1. The lowest BCUT2D eigenvalue weighted by Gasteiger charge is -2.36. The number of nitrogens with zero attached hydrogens (tertiary/aromatic N) is 3. The van der Waals surface area contributed by atoms with Gasteiger partial charge in [-0.2, -0.15) is 5.26 Å². The molecule has 2 aromatic carbocycles. The van der Waals surface area contributed by atoms with E-state index in [1.165, 1.54) is 5.56 Å². The number of aromatic amines is 1. The first-order valence-corrected chi connectivity index (χ1v) is 13.4. The summed E-state index contributed by atoms with van der Waals surface area (Å²) in [6.45, 7) is 6.88. The predicted octanol–water partition coefficient (Wildman–Crippen LogP) is 4.99. The molecule has 8 heteroatoms. The molecule has 2 N–H and O–H groups in total. The van der Waals surface area contributed by atoms with Crippen molar-refractivity contribution in [3.8, 4) is 6.07 Å². The van der Waals surface area contributed by atoms with Crippen molar-refractivity contribution in [2.24, 2.45) is 0 Å². The molecule has 196 valence electrons. The molecule has 0 unspecified atom stereocenters. The van der Waals surface area contributed by atoms with Gasteiger partial charge in [-0.1, -0.05) is 6.92 Å². The fourth-order valence-corrected chi connectivity index (χ4v) is 5.15. The van der Waals surface area contributed by atoms with Crippen molar-refractivity contribution in [3.05, 3.63) is 65.5 Å². The molecule has 5 rings (SSSR count). The minimum Gasteiger partial charge on any atom is -0.451 e. The summed E-state index contributed by atoms with van der Waals surface area (Å²) in [5, 5.41) is 13.6. The Morgan fingerprint density at radius 2 is 1.92 bits per heavy atom. The Balaban J connectivity index is 1.10. The molecule has 3 heterocycles. The summed E-state index contributed by atoms with van der Waals surface area (Å²) in [6, 6.07) is 15.7. The number of imide groups is 1. The Kier molecular flexibility index (Phi) is 7.75. The molecule has 0 bridgehead atoms. The molecule has 0 spiro atoms. The molecule has 1 saturated heterocycles. The third kappa shape index (κ3) is 5.74. The van der Waals surface area contributed by atoms with E-state index in [1.807, 2.05) is 37.3 Å². The highest BCUT2D eigenvalue weighted by Crippen LogP contribution is 2.26. The van der Waals surface area contributed by atoms with E-state index in [0.717, 1.165) is 74.0 Å². The molecule has 8 nitrogen and oxygen atoms in total. The maximum absolute atomic E-state index is 12.3. The molecule has 1 fully saturated rings. The molecule has 0 saturated carbocycles. The second-order valence-electron chi connectivity index (χ2n) is 9.93. The molecule has 0 radical (unpaired) electrons. The first-order chi connectivity index (χ1) is 18.5. The highest BCUT2D eigenvalue weighted by Gasteiger charge is 2.19. The second-order valence-corrected chi connectivity index (χ2v) is 9.93. The summed E-state index contributed by atoms with van der Waals surface area (Å²) in [4.78, 5) is 32.3. The van der Waals surface area contributed by atoms with Gasteiger partial charge in [0.15, 0.2) is 5.76 Å². The van der Waals surface area contributed by atoms with Gasteiger partial charge in [0.2, 0.25) is 5.91 Å². The topological polar surface area (TPSA) is 105 Å². The van der Waals surface area contributed by atoms with Crippen LogP contribution in [-0.2, 0) is 11.2 Å². The smallest absolute Gasteiger partial charge is 0.293 e. The molecular weight excluding hydrogens is 478 g/mol. The Labute approximate surface area is 222 Å². The molecule has 1 aliphatic rings. The number of piperazine rings is 1. The number of anilines is 1. The number of carbonyl (C=O) groups is 2. The number of rotatable bonds is 9. The van der Waals surface area contributed by atoms with E-state index in [1.54, 1.807) is 6.07 Å². The summed E-state index contributed by atoms with van der Waals surface area (Å²) in [7, 11) is 0. The van der Waals surface area contributed by atoms with Crippen molar-refractivity contribution in [2.75, 3.05) is 37.6 Å². The summed E-state index contributed by atoms with van der Waals surface area (Å²) >= 11 is 0. The standard InChI is InChI=1S/C30H33N5O3/c1-2-5-29(36)33-30(37)28-18-23-17-24(8-10-27(23)38-28)35-14-12-34(13-15-35)11-4-3-6-22-20-32-26-9-7-21(19-31)16-25(22)26/h7-10,16-18,20,32H,2-6,11-15H2,1H3,(H,33,36,37). The van der Waals surface area contributed by atoms with Crippen molar-refractivity contribution >= 4 is 39.4 Å². The SMILES string of the molecule is CCCC(=O)NC(=O)c1cc2cc(N3CCN(CCCCc4c[nH]c5ccc(C#N)cc45)CC3)ccc2o1. The Bertz CT molecular complexity index is 1490. The molecule has 2 aromatic heterocycles. The molecule has 2 amide bonds. The zero-order valence-corrected chi connectivity index (χ0v) is 21.8. The highest BCUT2D eigenvalue weighted by atomic mass is 16.3. The third-order valence-corrected chi connectivity index (χ3v) is 7.26. The zero-order chi connectivity index (χ0) is 26.5. The van der Waals surface area contributed by atoms with Crippen LogP contribution in [0.2, 0.25) is 0 Å². The van der Waals surface area contributed by atoms with E-state index in [-0.39, 0.29) is 11.7 Å². The van der Waals surface area contributed by atoms with Gasteiger partial charge < -0.3 is 14.3 Å². The van der Waals surface area contributed by atoms with Gasteiger partial charge in [0.25, 0.3) is 5.91 Å². The Hall–Kier alpha value is -4.09. The number of H-pyrrole nitrogens is 1. The number of benzene rings is 2. The Morgan fingerprint density at radius 3 is 2.71 bits per heavy atom. The van der Waals surface area contributed by atoms with Crippen molar-refractivity contribution in [2.45, 2.75) is 39.0 Å². The highest BCUT2D eigenvalue weighted by molar-refractivity contribution is 6.05. The number of furan rings is 1. The third-order valence-electron chi connectivity index (χ3n) is 7.26. The minimum absolute atomic E-state index is 0.157. The van der Waals surface area contributed by atoms with E-state index in [4.69, 9.17) is 4.42 Å². The van der Waals surface area contributed by atoms with Crippen LogP contribution >= 0.6 is 0 Å². The van der Waals surface area contributed by atoms with Crippen LogP contribution in [0, 0.1) is 11.3 Å². The minimum atomic E-state index is -0.494. The molecular formula is C30H33N5O3. The lowest BCUT2D eigenvalue weighted by molar-refractivity contribution is -0.120. The van der Waals surface area contributed by atoms with E-state index in [0.29, 0.717) is 24.0 Å². The number of aromatic nitrogens is 1. The van der Waals surface area contributed by atoms with E-state index < -0.39 is 5.91 Å². The van der Waals surface area contributed by atoms with Crippen LogP contribution in [-0.4, -0.2) is 54.4 Å². The van der Waals surface area contributed by atoms with Crippen molar-refractivity contribution in [3.63, 3.8) is 0 Å². The lowest BCUT2D eigenvalue weighted by atomic mass is 10.1. The normalized spacial score (nSPS) is 14.2. The molecule has 4 aromatic rings. The summed E-state index contributed by atoms with van der Waals surface area (Å²) in [5.41, 5.74) is 4.82. The summed E-state index contributed by atoms with van der Waals surface area (Å²) < 4.78 is 5.68. The average Bonchev–Trinajstić information content (AvgIpc) is 3.55. The predicted molar refractivity (Wildman–Crippen MR) is 148 cm³/mol. The van der Waals surface area contributed by atoms with Crippen LogP contribution < -0.4 is 10.2 Å². The van der Waals surface area contributed by atoms with Crippen LogP contribution in [0.3, 0.4) is 0 Å². The van der Waals surface area contributed by atoms with Gasteiger partial charge in [0.05, 0.1) is 11.6 Å². The Morgan fingerprint density at radius 1 is 1.08 bits per heavy atom. The maximum atomic E-state index is 12.3. The summed E-state index contributed by atoms with van der Waals surface area (Å²) in [6.07, 6.45) is 6.33. The first-order valence-electron chi connectivity index (χ1n) is 13.4. The maximum Gasteiger partial charge on any atom is 0.293 e. The molecule has 0 atom stereocenters. The van der Waals surface area contributed by atoms with Crippen LogP contribution in [0.5, 0.6) is 0 Å². The molecule has 0 aliphatic carbocycles.